The smallest absolute Gasteiger partial charge is 0.412 e. The van der Waals surface area contributed by atoms with Gasteiger partial charge in [-0.15, -0.1) is 0 Å². The second kappa shape index (κ2) is 16.0. The first-order valence-corrected chi connectivity index (χ1v) is 16.1. The summed E-state index contributed by atoms with van der Waals surface area (Å²) in [6, 6.07) is 25.3. The van der Waals surface area contributed by atoms with E-state index in [0.717, 1.165) is 34.2 Å². The number of hydrogen-bond acceptors (Lipinski definition) is 7. The van der Waals surface area contributed by atoms with Gasteiger partial charge >= 0.3 is 6.09 Å². The minimum Gasteiger partial charge on any atom is -0.441 e. The molecule has 4 rings (SSSR count). The van der Waals surface area contributed by atoms with E-state index in [1.54, 1.807) is 13.8 Å². The van der Waals surface area contributed by atoms with Crippen molar-refractivity contribution in [1.82, 2.24) is 5.16 Å². The average molecular weight is 621 g/mol. The fourth-order valence-electron chi connectivity index (χ4n) is 4.27. The molecule has 0 aliphatic heterocycles. The summed E-state index contributed by atoms with van der Waals surface area (Å²) in [4.78, 5) is 23.8. The molecule has 2 atom stereocenters. The average Bonchev–Trinajstić information content (AvgIpc) is 3.35. The number of anilines is 1. The third-order valence-corrected chi connectivity index (χ3v) is 7.85. The number of amides is 1. The van der Waals surface area contributed by atoms with Gasteiger partial charge in [0.15, 0.2) is 5.76 Å². The Morgan fingerprint density at radius 1 is 0.932 bits per heavy atom. The molecule has 10 heteroatoms. The number of nitrogens with zero attached hydrogens (tertiary/aromatic N) is 1. The van der Waals surface area contributed by atoms with Crippen LogP contribution in [0.3, 0.4) is 0 Å². The summed E-state index contributed by atoms with van der Waals surface area (Å²) in [5, 5.41) is 6.81. The molecule has 9 nitrogen and oxygen atoms in total. The molecule has 3 aromatic carbocycles. The van der Waals surface area contributed by atoms with E-state index in [9.17, 15) is 18.0 Å². The van der Waals surface area contributed by atoms with Gasteiger partial charge in [-0.1, -0.05) is 104 Å². The maximum atomic E-state index is 12.5. The lowest BCUT2D eigenvalue weighted by molar-refractivity contribution is -0.116. The van der Waals surface area contributed by atoms with Crippen LogP contribution in [0.5, 0.6) is 0 Å². The Balaban J connectivity index is 0.000000456. The minimum atomic E-state index is -3.73. The first-order chi connectivity index (χ1) is 20.9. The molecule has 1 amide bonds. The summed E-state index contributed by atoms with van der Waals surface area (Å²) >= 11 is 0. The van der Waals surface area contributed by atoms with E-state index in [0.29, 0.717) is 35.9 Å². The molecule has 2 N–H and O–H groups in total. The quantitative estimate of drug-likeness (QED) is 0.161. The number of benzene rings is 3. The number of carbonyl (C=O) groups is 2. The first-order valence-electron chi connectivity index (χ1n) is 14.5. The number of carbonyl (C=O) groups excluding carboxylic acids is 2. The zero-order chi connectivity index (χ0) is 32.3. The van der Waals surface area contributed by atoms with E-state index < -0.39 is 22.3 Å². The van der Waals surface area contributed by atoms with Crippen LogP contribution in [0.25, 0.3) is 22.5 Å². The van der Waals surface area contributed by atoms with Gasteiger partial charge in [-0.2, -0.15) is 8.42 Å². The molecule has 2 unspecified atom stereocenters. The normalized spacial score (nSPS) is 12.4. The van der Waals surface area contributed by atoms with Crippen molar-refractivity contribution in [1.29, 1.82) is 0 Å². The summed E-state index contributed by atoms with van der Waals surface area (Å²) in [5.41, 5.74) is 5.79. The van der Waals surface area contributed by atoms with E-state index in [2.05, 4.69) is 10.5 Å². The molecule has 0 aliphatic carbocycles. The van der Waals surface area contributed by atoms with Crippen LogP contribution in [0.4, 0.5) is 10.5 Å². The van der Waals surface area contributed by atoms with E-state index in [4.69, 9.17) is 13.8 Å². The number of Topliss-reactive ketones (excluding diaryl/α,β-unsaturated/α-hetero) is 1. The molecule has 1 heterocycles. The van der Waals surface area contributed by atoms with Crippen LogP contribution in [0.15, 0.2) is 83.4 Å². The van der Waals surface area contributed by atoms with Crippen molar-refractivity contribution in [2.45, 2.75) is 60.0 Å². The second-order valence-corrected chi connectivity index (χ2v) is 12.4. The van der Waals surface area contributed by atoms with Crippen molar-refractivity contribution < 1.29 is 31.8 Å². The molecule has 4 aromatic rings. The number of aromatic nitrogens is 1. The Hall–Kier alpha value is -4.28. The Kier molecular flexibility index (Phi) is 12.4. The van der Waals surface area contributed by atoms with Gasteiger partial charge in [0.1, 0.15) is 23.3 Å². The van der Waals surface area contributed by atoms with E-state index in [-0.39, 0.29) is 11.5 Å². The van der Waals surface area contributed by atoms with Crippen LogP contribution in [-0.4, -0.2) is 35.8 Å². The standard InChI is InChI=1S/C28H26N2O4.C6H14O3S/c1-18(31)17-21-9-11-23(12-10-21)24-13-15-25(16-14-24)27-26(19(2)30-34-27)29-28(32)33-20(3)22-7-5-4-6-8-22;1-3-6(2)4-5-10(7,8)9/h4-16,20H,17H2,1-3H3,(H,29,32);6H,3-5H2,1-2H3,(H,7,8,9). The fourth-order valence-corrected chi connectivity index (χ4v) is 4.97. The van der Waals surface area contributed by atoms with Gasteiger partial charge < -0.3 is 9.26 Å². The molecule has 0 saturated heterocycles. The van der Waals surface area contributed by atoms with Crippen LogP contribution in [0.1, 0.15) is 63.5 Å². The summed E-state index contributed by atoms with van der Waals surface area (Å²) < 4.78 is 39.8. The predicted molar refractivity (Wildman–Crippen MR) is 172 cm³/mol. The van der Waals surface area contributed by atoms with E-state index >= 15 is 0 Å². The molecular formula is C34H40N2O7S. The highest BCUT2D eigenvalue weighted by atomic mass is 32.2. The third-order valence-electron chi connectivity index (χ3n) is 7.10. The van der Waals surface area contributed by atoms with Crippen molar-refractivity contribution in [3.63, 3.8) is 0 Å². The van der Waals surface area contributed by atoms with Crippen LogP contribution in [0, 0.1) is 12.8 Å². The van der Waals surface area contributed by atoms with Gasteiger partial charge in [-0.3, -0.25) is 14.7 Å². The highest BCUT2D eigenvalue weighted by Crippen LogP contribution is 2.33. The lowest BCUT2D eigenvalue weighted by Crippen LogP contribution is -2.16. The number of hydrogen-bond donors (Lipinski definition) is 2. The molecule has 0 saturated carbocycles. The summed E-state index contributed by atoms with van der Waals surface area (Å²) in [7, 11) is -3.73. The highest BCUT2D eigenvalue weighted by molar-refractivity contribution is 7.85. The number of nitrogens with one attached hydrogen (secondary N) is 1. The van der Waals surface area contributed by atoms with E-state index in [1.807, 2.05) is 99.6 Å². The van der Waals surface area contributed by atoms with Crippen molar-refractivity contribution in [2.75, 3.05) is 11.1 Å². The second-order valence-electron chi connectivity index (χ2n) is 10.8. The molecule has 1 aromatic heterocycles. The van der Waals surface area contributed by atoms with Crippen LogP contribution < -0.4 is 5.32 Å². The minimum absolute atomic E-state index is 0.109. The predicted octanol–water partition coefficient (Wildman–Crippen LogP) is 8.07. The number of ether oxygens (including phenoxy) is 1. The molecule has 0 bridgehead atoms. The van der Waals surface area contributed by atoms with Gasteiger partial charge in [0.25, 0.3) is 10.1 Å². The van der Waals surface area contributed by atoms with Gasteiger partial charge in [-0.05, 0) is 55.4 Å². The van der Waals surface area contributed by atoms with Crippen LogP contribution in [0.2, 0.25) is 0 Å². The van der Waals surface area contributed by atoms with Gasteiger partial charge in [0.05, 0.1) is 5.75 Å². The van der Waals surface area contributed by atoms with Crippen molar-refractivity contribution >= 4 is 27.7 Å². The molecule has 0 radical (unpaired) electrons. The fraction of sp³-hybridized carbons (Fsp3) is 0.324. The zero-order valence-electron chi connectivity index (χ0n) is 25.7. The Labute approximate surface area is 259 Å². The van der Waals surface area contributed by atoms with Crippen LogP contribution in [-0.2, 0) is 26.1 Å². The molecule has 44 heavy (non-hydrogen) atoms. The van der Waals surface area contributed by atoms with Gasteiger partial charge in [0.2, 0.25) is 0 Å². The zero-order valence-corrected chi connectivity index (χ0v) is 26.6. The summed E-state index contributed by atoms with van der Waals surface area (Å²) in [6.45, 7) is 9.13. The first kappa shape index (κ1) is 34.2. The largest absolute Gasteiger partial charge is 0.441 e. The van der Waals surface area contributed by atoms with E-state index in [1.165, 1.54) is 0 Å². The maximum absolute atomic E-state index is 12.5. The number of ketones is 1. The SMILES string of the molecule is CC(=O)Cc1ccc(-c2ccc(-c3onc(C)c3NC(=O)OC(C)c3ccccc3)cc2)cc1.CCC(C)CCS(=O)(=O)O. The van der Waals surface area contributed by atoms with Crippen LogP contribution >= 0.6 is 0 Å². The Morgan fingerprint density at radius 3 is 2.05 bits per heavy atom. The number of rotatable bonds is 11. The summed E-state index contributed by atoms with van der Waals surface area (Å²) in [5.74, 6) is 0.872. The summed E-state index contributed by atoms with van der Waals surface area (Å²) in [6.07, 6.45) is 0.967. The lowest BCUT2D eigenvalue weighted by Gasteiger charge is -2.14. The molecule has 0 spiro atoms. The Morgan fingerprint density at radius 2 is 1.50 bits per heavy atom. The third kappa shape index (κ3) is 10.8. The molecule has 0 fully saturated rings. The van der Waals surface area contributed by atoms with Crippen molar-refractivity contribution in [3.8, 4) is 22.5 Å². The topological polar surface area (TPSA) is 136 Å². The highest BCUT2D eigenvalue weighted by Gasteiger charge is 2.20. The maximum Gasteiger partial charge on any atom is 0.412 e. The molecular weight excluding hydrogens is 580 g/mol. The monoisotopic (exact) mass is 620 g/mol. The van der Waals surface area contributed by atoms with Gasteiger partial charge in [-0.25, -0.2) is 4.79 Å². The molecule has 0 aliphatic rings. The lowest BCUT2D eigenvalue weighted by atomic mass is 10.0. The number of aryl methyl sites for hydroxylation is 1. The van der Waals surface area contributed by atoms with Crippen molar-refractivity contribution in [2.24, 2.45) is 5.92 Å². The van der Waals surface area contributed by atoms with Crippen molar-refractivity contribution in [3.05, 3.63) is 95.7 Å². The molecule has 234 valence electrons. The Bertz CT molecular complexity index is 1610. The van der Waals surface area contributed by atoms with Gasteiger partial charge in [0, 0.05) is 12.0 Å².